The Balaban J connectivity index is 1.60. The summed E-state index contributed by atoms with van der Waals surface area (Å²) in [6.45, 7) is 16.0. The zero-order valence-corrected chi connectivity index (χ0v) is 22.6. The largest absolute Gasteiger partial charge is 0.481 e. The van der Waals surface area contributed by atoms with Gasteiger partial charge in [-0.15, -0.1) is 0 Å². The Bertz CT molecular complexity index is 947. The van der Waals surface area contributed by atoms with Gasteiger partial charge < -0.3 is 5.11 Å². The van der Waals surface area contributed by atoms with Crippen molar-refractivity contribution in [3.05, 3.63) is 0 Å². The molecule has 34 heavy (non-hydrogen) atoms. The highest BCUT2D eigenvalue weighted by Gasteiger charge is 2.73. The lowest BCUT2D eigenvalue weighted by Gasteiger charge is -2.72. The number of carboxylic acid groups (broad SMARTS) is 1. The number of hydrogen-bond acceptors (Lipinski definition) is 3. The smallest absolute Gasteiger partial charge is 0.309 e. The molecular weight excluding hydrogens is 424 g/mol. The molecule has 1 N–H and O–H groups in total. The van der Waals surface area contributed by atoms with Crippen LogP contribution in [0.2, 0.25) is 0 Å². The summed E-state index contributed by atoms with van der Waals surface area (Å²) in [7, 11) is 0. The molecule has 0 saturated heterocycles. The van der Waals surface area contributed by atoms with Crippen LogP contribution in [0.5, 0.6) is 0 Å². The second-order valence-corrected chi connectivity index (χ2v) is 15.2. The van der Waals surface area contributed by atoms with Crippen molar-refractivity contribution < 1.29 is 19.5 Å². The molecule has 0 aromatic carbocycles. The van der Waals surface area contributed by atoms with Crippen molar-refractivity contribution in [2.24, 2.45) is 56.2 Å². The average Bonchev–Trinajstić information content (AvgIpc) is 2.72. The van der Waals surface area contributed by atoms with Gasteiger partial charge in [0.2, 0.25) is 0 Å². The number of carbonyl (C=O) groups excluding carboxylic acids is 2. The molecule has 0 aromatic heterocycles. The van der Waals surface area contributed by atoms with Gasteiger partial charge >= 0.3 is 5.97 Å². The number of carbonyl (C=O) groups is 3. The Hall–Kier alpha value is -1.19. The third kappa shape index (κ3) is 2.80. The molecule has 5 aliphatic carbocycles. The van der Waals surface area contributed by atoms with Crippen molar-refractivity contribution in [1.82, 2.24) is 0 Å². The zero-order chi connectivity index (χ0) is 25.1. The average molecular weight is 471 g/mol. The second kappa shape index (κ2) is 6.97. The van der Waals surface area contributed by atoms with E-state index in [1.165, 1.54) is 0 Å². The van der Waals surface area contributed by atoms with Crippen LogP contribution in [0.15, 0.2) is 0 Å². The van der Waals surface area contributed by atoms with E-state index >= 15 is 0 Å². The van der Waals surface area contributed by atoms with Crippen LogP contribution in [0.1, 0.15) is 113 Å². The molecule has 0 amide bonds. The predicted molar refractivity (Wildman–Crippen MR) is 132 cm³/mol. The Kier molecular flexibility index (Phi) is 5.02. The summed E-state index contributed by atoms with van der Waals surface area (Å²) in [4.78, 5) is 39.9. The summed E-state index contributed by atoms with van der Waals surface area (Å²) in [6.07, 6.45) is 8.19. The fourth-order valence-corrected chi connectivity index (χ4v) is 10.9. The third-order valence-corrected chi connectivity index (χ3v) is 13.2. The van der Waals surface area contributed by atoms with Gasteiger partial charge in [0.05, 0.1) is 5.41 Å². The molecule has 5 rings (SSSR count). The van der Waals surface area contributed by atoms with Gasteiger partial charge in [-0.3, -0.25) is 14.4 Å². The van der Waals surface area contributed by atoms with Crippen LogP contribution in [-0.2, 0) is 14.4 Å². The fraction of sp³-hybridized carbons (Fsp3) is 0.900. The minimum absolute atomic E-state index is 0.000449. The third-order valence-electron chi connectivity index (χ3n) is 13.2. The van der Waals surface area contributed by atoms with Crippen molar-refractivity contribution in [3.8, 4) is 0 Å². The minimum atomic E-state index is -0.737. The summed E-state index contributed by atoms with van der Waals surface area (Å²) < 4.78 is 0. The Morgan fingerprint density at radius 1 is 0.824 bits per heavy atom. The van der Waals surface area contributed by atoms with Crippen molar-refractivity contribution >= 4 is 17.5 Å². The van der Waals surface area contributed by atoms with Gasteiger partial charge in [-0.05, 0) is 90.8 Å². The molecule has 0 bridgehead atoms. The highest BCUT2D eigenvalue weighted by atomic mass is 16.4. The van der Waals surface area contributed by atoms with Crippen molar-refractivity contribution in [2.45, 2.75) is 113 Å². The van der Waals surface area contributed by atoms with Crippen LogP contribution in [0.25, 0.3) is 0 Å². The number of carboxylic acids is 1. The molecule has 5 fully saturated rings. The number of aliphatic carboxylic acids is 1. The number of rotatable bonds is 1. The molecule has 0 heterocycles. The summed E-state index contributed by atoms with van der Waals surface area (Å²) >= 11 is 0. The van der Waals surface area contributed by atoms with E-state index in [-0.39, 0.29) is 44.8 Å². The molecule has 5 saturated carbocycles. The molecule has 8 atom stereocenters. The Morgan fingerprint density at radius 2 is 1.47 bits per heavy atom. The number of fused-ring (bicyclic) bond motifs is 7. The summed E-state index contributed by atoms with van der Waals surface area (Å²) in [5, 5.41) is 10.5. The molecule has 4 heteroatoms. The van der Waals surface area contributed by atoms with Crippen LogP contribution in [-0.4, -0.2) is 22.6 Å². The number of hydrogen-bond donors (Lipinski definition) is 1. The maximum absolute atomic E-state index is 14.2. The van der Waals surface area contributed by atoms with Gasteiger partial charge in [-0.25, -0.2) is 0 Å². The summed E-state index contributed by atoms with van der Waals surface area (Å²) in [5.74, 6) is 0.423. The molecule has 0 aliphatic heterocycles. The molecule has 0 spiro atoms. The molecule has 0 aromatic rings. The van der Waals surface area contributed by atoms with Crippen molar-refractivity contribution in [3.63, 3.8) is 0 Å². The van der Waals surface area contributed by atoms with Crippen LogP contribution in [0.3, 0.4) is 0 Å². The van der Waals surface area contributed by atoms with Gasteiger partial charge in [0.25, 0.3) is 0 Å². The highest BCUT2D eigenvalue weighted by Crippen LogP contribution is 2.76. The highest BCUT2D eigenvalue weighted by molar-refractivity contribution is 5.87. The van der Waals surface area contributed by atoms with Gasteiger partial charge in [-0.2, -0.15) is 0 Å². The zero-order valence-electron chi connectivity index (χ0n) is 22.6. The summed E-state index contributed by atoms with van der Waals surface area (Å²) in [6, 6.07) is 0. The van der Waals surface area contributed by atoms with Crippen LogP contribution >= 0.6 is 0 Å². The maximum atomic E-state index is 14.2. The standard InChI is InChI=1S/C30H46O4/c1-25(2)12-14-30(24(33)34)15-13-29(7)23(18(30)17-25)19(31)16-21-27(5)10-9-22(32)26(3,4)20(27)8-11-28(21,29)6/h18,20-21,23H,8-17H2,1-7H3,(H,33,34)/t18?,20-,21+,23-,27-,28+,29+,30?/m0/s1. The van der Waals surface area contributed by atoms with E-state index in [9.17, 15) is 19.5 Å². The van der Waals surface area contributed by atoms with E-state index in [1.807, 2.05) is 0 Å². The van der Waals surface area contributed by atoms with Crippen molar-refractivity contribution in [2.75, 3.05) is 0 Å². The number of ketones is 2. The topological polar surface area (TPSA) is 71.4 Å². The molecule has 0 radical (unpaired) electrons. The Labute approximate surface area is 206 Å². The fourth-order valence-electron chi connectivity index (χ4n) is 10.9. The Morgan fingerprint density at radius 3 is 2.12 bits per heavy atom. The van der Waals surface area contributed by atoms with Crippen molar-refractivity contribution in [1.29, 1.82) is 0 Å². The molecule has 5 aliphatic rings. The first-order valence-corrected chi connectivity index (χ1v) is 13.8. The lowest BCUT2D eigenvalue weighted by Crippen LogP contribution is -2.69. The first kappa shape index (κ1) is 24.5. The predicted octanol–water partition coefficient (Wildman–Crippen LogP) is 6.70. The van der Waals surface area contributed by atoms with Gasteiger partial charge in [0.1, 0.15) is 11.6 Å². The molecular formula is C30H46O4. The normalized spacial score (nSPS) is 51.5. The van der Waals surface area contributed by atoms with E-state index in [4.69, 9.17) is 0 Å². The van der Waals surface area contributed by atoms with E-state index in [0.717, 1.165) is 38.5 Å². The second-order valence-electron chi connectivity index (χ2n) is 15.2. The van der Waals surface area contributed by atoms with E-state index < -0.39 is 11.4 Å². The first-order chi connectivity index (χ1) is 15.6. The van der Waals surface area contributed by atoms with Gasteiger partial charge in [0.15, 0.2) is 0 Å². The van der Waals surface area contributed by atoms with Crippen LogP contribution in [0.4, 0.5) is 0 Å². The van der Waals surface area contributed by atoms with E-state index in [1.54, 1.807) is 0 Å². The van der Waals surface area contributed by atoms with Gasteiger partial charge in [-0.1, -0.05) is 48.5 Å². The minimum Gasteiger partial charge on any atom is -0.481 e. The molecule has 4 nitrogen and oxygen atoms in total. The number of Topliss-reactive ketones (excluding diaryl/α,β-unsaturated/α-hetero) is 2. The SMILES string of the molecule is CC1(C)CCC2(C(=O)O)CC[C@]3(C)[C@H](C(=O)C[C@@H]4[C@@]5(C)CCC(=O)C(C)(C)[C@@H]5CC[C@]43C)C2C1. The van der Waals surface area contributed by atoms with E-state index in [0.29, 0.717) is 43.2 Å². The van der Waals surface area contributed by atoms with E-state index in [2.05, 4.69) is 48.5 Å². The monoisotopic (exact) mass is 470 g/mol. The molecule has 190 valence electrons. The molecule has 2 unspecified atom stereocenters. The summed E-state index contributed by atoms with van der Waals surface area (Å²) in [5.41, 5.74) is -1.17. The van der Waals surface area contributed by atoms with Gasteiger partial charge in [0, 0.05) is 24.2 Å². The quantitative estimate of drug-likeness (QED) is 0.463. The first-order valence-electron chi connectivity index (χ1n) is 13.8. The lowest BCUT2D eigenvalue weighted by atomic mass is 9.31. The van der Waals surface area contributed by atoms with Crippen LogP contribution < -0.4 is 0 Å². The maximum Gasteiger partial charge on any atom is 0.309 e. The lowest BCUT2D eigenvalue weighted by molar-refractivity contribution is -0.235. The van der Waals surface area contributed by atoms with Crippen LogP contribution in [0, 0.1) is 56.2 Å².